The van der Waals surface area contributed by atoms with E-state index in [2.05, 4.69) is 41.2 Å². The summed E-state index contributed by atoms with van der Waals surface area (Å²) in [6.07, 6.45) is 3.50. The summed E-state index contributed by atoms with van der Waals surface area (Å²) >= 11 is 0. The molecule has 164 valence electrons. The van der Waals surface area contributed by atoms with E-state index in [9.17, 15) is 4.79 Å². The first-order valence-electron chi connectivity index (χ1n) is 10.7. The van der Waals surface area contributed by atoms with Crippen LogP contribution in [0.3, 0.4) is 0 Å². The van der Waals surface area contributed by atoms with Gasteiger partial charge >= 0.3 is 0 Å². The Bertz CT molecular complexity index is 477. The van der Waals surface area contributed by atoms with Crippen LogP contribution in [0.5, 0.6) is 0 Å². The van der Waals surface area contributed by atoms with Gasteiger partial charge in [0, 0.05) is 51.9 Å². The fourth-order valence-corrected chi connectivity index (χ4v) is 3.37. The lowest BCUT2D eigenvalue weighted by Crippen LogP contribution is -2.54. The van der Waals surface area contributed by atoms with E-state index in [-0.39, 0.29) is 36.0 Å². The summed E-state index contributed by atoms with van der Waals surface area (Å²) < 4.78 is 5.83. The van der Waals surface area contributed by atoms with Gasteiger partial charge in [-0.3, -0.25) is 14.7 Å². The molecule has 0 radical (unpaired) electrons. The predicted molar refractivity (Wildman–Crippen MR) is 125 cm³/mol. The third kappa shape index (κ3) is 9.26. The fourth-order valence-electron chi connectivity index (χ4n) is 3.37. The van der Waals surface area contributed by atoms with Crippen LogP contribution in [0.25, 0.3) is 0 Å². The van der Waals surface area contributed by atoms with E-state index in [1.54, 1.807) is 0 Å². The Morgan fingerprint density at radius 1 is 1.18 bits per heavy atom. The highest BCUT2D eigenvalue weighted by molar-refractivity contribution is 14.0. The number of hydrogen-bond donors (Lipinski definition) is 2. The SMILES string of the molecule is CCNC(=NCCC(OCC)C(C)C)N1CCN(CC(=O)NC2CC2)CC1.I. The number of nitrogens with zero attached hydrogens (tertiary/aromatic N) is 3. The number of halogens is 1. The van der Waals surface area contributed by atoms with Crippen molar-refractivity contribution in [3.05, 3.63) is 0 Å². The summed E-state index contributed by atoms with van der Waals surface area (Å²) in [7, 11) is 0. The summed E-state index contributed by atoms with van der Waals surface area (Å²) in [4.78, 5) is 21.4. The quantitative estimate of drug-likeness (QED) is 0.268. The molecule has 0 bridgehead atoms. The van der Waals surface area contributed by atoms with E-state index in [4.69, 9.17) is 9.73 Å². The Kier molecular flexibility index (Phi) is 12.3. The molecule has 1 aliphatic carbocycles. The van der Waals surface area contributed by atoms with Crippen molar-refractivity contribution in [2.24, 2.45) is 10.9 Å². The standard InChI is InChI=1S/C20H39N5O2.HI/c1-5-21-20(22-10-9-18(16(3)4)27-6-2)25-13-11-24(12-14-25)15-19(26)23-17-7-8-17;/h16-18H,5-15H2,1-4H3,(H,21,22)(H,23,26);1H. The molecule has 1 heterocycles. The molecule has 1 aliphatic heterocycles. The zero-order valence-corrected chi connectivity index (χ0v) is 20.4. The van der Waals surface area contributed by atoms with Crippen molar-refractivity contribution in [2.75, 3.05) is 52.4 Å². The first-order chi connectivity index (χ1) is 13.0. The van der Waals surface area contributed by atoms with Gasteiger partial charge in [0.05, 0.1) is 12.6 Å². The molecule has 1 atom stereocenters. The van der Waals surface area contributed by atoms with Crippen molar-refractivity contribution in [2.45, 2.75) is 59.1 Å². The van der Waals surface area contributed by atoms with Crippen molar-refractivity contribution >= 4 is 35.8 Å². The molecule has 1 saturated carbocycles. The monoisotopic (exact) mass is 509 g/mol. The molecule has 2 N–H and O–H groups in total. The lowest BCUT2D eigenvalue weighted by Gasteiger charge is -2.36. The molecule has 0 aromatic carbocycles. The second-order valence-electron chi connectivity index (χ2n) is 7.87. The molecular formula is C20H40IN5O2. The number of ether oxygens (including phenoxy) is 1. The number of aliphatic imine (C=N–C) groups is 1. The molecular weight excluding hydrogens is 469 g/mol. The molecule has 1 saturated heterocycles. The molecule has 2 fully saturated rings. The van der Waals surface area contributed by atoms with Crippen LogP contribution >= 0.6 is 24.0 Å². The number of carbonyl (C=O) groups is 1. The maximum Gasteiger partial charge on any atom is 0.234 e. The number of guanidine groups is 1. The zero-order chi connectivity index (χ0) is 19.6. The molecule has 0 spiro atoms. The Hall–Kier alpha value is -0.610. The summed E-state index contributed by atoms with van der Waals surface area (Å²) in [6.45, 7) is 15.1. The van der Waals surface area contributed by atoms with Crippen LogP contribution in [0.4, 0.5) is 0 Å². The summed E-state index contributed by atoms with van der Waals surface area (Å²) in [5.41, 5.74) is 0. The second kappa shape index (κ2) is 13.6. The number of rotatable bonds is 10. The van der Waals surface area contributed by atoms with Crippen molar-refractivity contribution in [3.63, 3.8) is 0 Å². The normalized spacial score (nSPS) is 19.3. The predicted octanol–water partition coefficient (Wildman–Crippen LogP) is 1.92. The minimum absolute atomic E-state index is 0. The van der Waals surface area contributed by atoms with Crippen LogP contribution in [0.1, 0.15) is 47.0 Å². The van der Waals surface area contributed by atoms with Crippen molar-refractivity contribution in [1.82, 2.24) is 20.4 Å². The van der Waals surface area contributed by atoms with Crippen LogP contribution in [0, 0.1) is 5.92 Å². The van der Waals surface area contributed by atoms with Gasteiger partial charge in [0.2, 0.25) is 5.91 Å². The maximum atomic E-state index is 12.0. The summed E-state index contributed by atoms with van der Waals surface area (Å²) in [6, 6.07) is 0.442. The average molecular weight is 509 g/mol. The molecule has 7 nitrogen and oxygen atoms in total. The molecule has 2 rings (SSSR count). The Balaban J connectivity index is 0.00000392. The molecule has 8 heteroatoms. The van der Waals surface area contributed by atoms with Gasteiger partial charge < -0.3 is 20.3 Å². The fraction of sp³-hybridized carbons (Fsp3) is 0.900. The first kappa shape index (κ1) is 25.4. The smallest absolute Gasteiger partial charge is 0.234 e. The van der Waals surface area contributed by atoms with Crippen molar-refractivity contribution < 1.29 is 9.53 Å². The molecule has 0 aromatic heterocycles. The van der Waals surface area contributed by atoms with E-state index < -0.39 is 0 Å². The highest BCUT2D eigenvalue weighted by atomic mass is 127. The second-order valence-corrected chi connectivity index (χ2v) is 7.87. The van der Waals surface area contributed by atoms with E-state index in [0.29, 0.717) is 18.5 Å². The van der Waals surface area contributed by atoms with Gasteiger partial charge in [-0.2, -0.15) is 0 Å². The third-order valence-corrected chi connectivity index (χ3v) is 5.12. The van der Waals surface area contributed by atoms with E-state index >= 15 is 0 Å². The Labute approximate surface area is 188 Å². The first-order valence-corrected chi connectivity index (χ1v) is 10.7. The molecule has 28 heavy (non-hydrogen) atoms. The number of hydrogen-bond acceptors (Lipinski definition) is 4. The Morgan fingerprint density at radius 2 is 1.86 bits per heavy atom. The maximum absolute atomic E-state index is 12.0. The van der Waals surface area contributed by atoms with E-state index in [1.165, 1.54) is 0 Å². The van der Waals surface area contributed by atoms with Gasteiger partial charge in [-0.25, -0.2) is 0 Å². The van der Waals surface area contributed by atoms with E-state index in [1.807, 2.05) is 6.92 Å². The largest absolute Gasteiger partial charge is 0.378 e. The number of piperazine rings is 1. The van der Waals surface area contributed by atoms with Gasteiger partial charge in [-0.1, -0.05) is 13.8 Å². The van der Waals surface area contributed by atoms with Crippen LogP contribution in [-0.2, 0) is 9.53 Å². The zero-order valence-electron chi connectivity index (χ0n) is 18.1. The topological polar surface area (TPSA) is 69.2 Å². The molecule has 2 aliphatic rings. The molecule has 1 unspecified atom stereocenters. The van der Waals surface area contributed by atoms with Crippen molar-refractivity contribution in [1.29, 1.82) is 0 Å². The van der Waals surface area contributed by atoms with Crippen LogP contribution in [0.15, 0.2) is 4.99 Å². The van der Waals surface area contributed by atoms with Crippen LogP contribution < -0.4 is 10.6 Å². The summed E-state index contributed by atoms with van der Waals surface area (Å²) in [5, 5.41) is 6.49. The van der Waals surface area contributed by atoms with Gasteiger partial charge in [-0.15, -0.1) is 24.0 Å². The third-order valence-electron chi connectivity index (χ3n) is 5.12. The van der Waals surface area contributed by atoms with E-state index in [0.717, 1.165) is 71.1 Å². The Morgan fingerprint density at radius 3 is 2.39 bits per heavy atom. The molecule has 1 amide bonds. The van der Waals surface area contributed by atoms with Crippen LogP contribution in [0.2, 0.25) is 0 Å². The minimum atomic E-state index is 0. The van der Waals surface area contributed by atoms with Gasteiger partial charge in [-0.05, 0) is 39.0 Å². The van der Waals surface area contributed by atoms with Crippen molar-refractivity contribution in [3.8, 4) is 0 Å². The highest BCUT2D eigenvalue weighted by Gasteiger charge is 2.26. The summed E-state index contributed by atoms with van der Waals surface area (Å²) in [5.74, 6) is 1.66. The lowest BCUT2D eigenvalue weighted by molar-refractivity contribution is -0.122. The number of nitrogens with one attached hydrogen (secondary N) is 2. The van der Waals surface area contributed by atoms with Gasteiger partial charge in [0.15, 0.2) is 5.96 Å². The molecule has 0 aromatic rings. The number of amides is 1. The highest BCUT2D eigenvalue weighted by Crippen LogP contribution is 2.18. The van der Waals surface area contributed by atoms with Crippen LogP contribution in [-0.4, -0.2) is 86.2 Å². The minimum Gasteiger partial charge on any atom is -0.378 e. The van der Waals surface area contributed by atoms with Gasteiger partial charge in [0.25, 0.3) is 0 Å². The number of carbonyl (C=O) groups excluding carboxylic acids is 1. The average Bonchev–Trinajstić information content (AvgIpc) is 3.44. The lowest BCUT2D eigenvalue weighted by atomic mass is 10.0. The van der Waals surface area contributed by atoms with Gasteiger partial charge in [0.1, 0.15) is 0 Å².